The summed E-state index contributed by atoms with van der Waals surface area (Å²) in [7, 11) is 0. The van der Waals surface area contributed by atoms with Crippen LogP contribution in [0.5, 0.6) is 5.75 Å². The van der Waals surface area contributed by atoms with Gasteiger partial charge in [-0.05, 0) is 98.8 Å². The number of benzene rings is 1. The van der Waals surface area contributed by atoms with Crippen molar-refractivity contribution in [1.82, 2.24) is 0 Å². The Morgan fingerprint density at radius 3 is 2.03 bits per heavy atom. The molecular formula is C24H27F4NO. The summed E-state index contributed by atoms with van der Waals surface area (Å²) >= 11 is 0. The van der Waals surface area contributed by atoms with Gasteiger partial charge in [-0.15, -0.1) is 13.2 Å². The van der Waals surface area contributed by atoms with E-state index in [9.17, 15) is 17.6 Å². The van der Waals surface area contributed by atoms with Crippen LogP contribution < -0.4 is 4.74 Å². The fraction of sp³-hybridized carbons (Fsp3) is 0.542. The Morgan fingerprint density at radius 2 is 1.50 bits per heavy atom. The average Bonchev–Trinajstić information content (AvgIpc) is 2.74. The molecule has 2 saturated carbocycles. The molecule has 0 atom stereocenters. The minimum atomic E-state index is -4.65. The number of rotatable bonds is 5. The maximum absolute atomic E-state index is 12.8. The number of halogens is 4. The lowest BCUT2D eigenvalue weighted by atomic mass is 9.68. The third-order valence-corrected chi connectivity index (χ3v) is 6.57. The van der Waals surface area contributed by atoms with Crippen LogP contribution in [0, 0.1) is 29.1 Å². The van der Waals surface area contributed by atoms with E-state index < -0.39 is 12.2 Å². The second-order valence-electron chi connectivity index (χ2n) is 8.41. The van der Waals surface area contributed by atoms with Crippen molar-refractivity contribution >= 4 is 0 Å². The molecule has 2 aliphatic carbocycles. The van der Waals surface area contributed by atoms with E-state index in [1.165, 1.54) is 37.1 Å². The van der Waals surface area contributed by atoms with E-state index in [1.54, 1.807) is 18.2 Å². The topological polar surface area (TPSA) is 33.0 Å². The van der Waals surface area contributed by atoms with Crippen molar-refractivity contribution in [2.45, 2.75) is 63.6 Å². The monoisotopic (exact) mass is 421 g/mol. The molecule has 0 unspecified atom stereocenters. The molecular weight excluding hydrogens is 394 g/mol. The molecule has 0 heterocycles. The van der Waals surface area contributed by atoms with Crippen LogP contribution in [0.15, 0.2) is 48.3 Å². The first kappa shape index (κ1) is 22.4. The molecule has 162 valence electrons. The Hall–Kier alpha value is -2.29. The number of nitriles is 1. The second kappa shape index (κ2) is 10.1. The zero-order valence-corrected chi connectivity index (χ0v) is 16.9. The summed E-state index contributed by atoms with van der Waals surface area (Å²) in [5.41, 5.74) is 1.09. The molecule has 0 aliphatic heterocycles. The number of nitrogens with zero attached hydrogens (tertiary/aromatic N) is 1. The number of ether oxygens (including phenoxy) is 1. The van der Waals surface area contributed by atoms with Crippen molar-refractivity contribution in [1.29, 1.82) is 5.26 Å². The van der Waals surface area contributed by atoms with Crippen LogP contribution in [0.25, 0.3) is 0 Å². The highest BCUT2D eigenvalue weighted by Crippen LogP contribution is 2.44. The normalized spacial score (nSPS) is 28.3. The van der Waals surface area contributed by atoms with Gasteiger partial charge in [0.25, 0.3) is 0 Å². The maximum Gasteiger partial charge on any atom is 0.573 e. The molecule has 0 saturated heterocycles. The number of hydrogen-bond donors (Lipinski definition) is 0. The van der Waals surface area contributed by atoms with Crippen LogP contribution in [-0.4, -0.2) is 6.36 Å². The van der Waals surface area contributed by atoms with Gasteiger partial charge in [0.15, 0.2) is 5.83 Å². The minimum Gasteiger partial charge on any atom is -0.406 e. The highest BCUT2D eigenvalue weighted by molar-refractivity contribution is 5.30. The Morgan fingerprint density at radius 1 is 0.933 bits per heavy atom. The van der Waals surface area contributed by atoms with Gasteiger partial charge >= 0.3 is 6.36 Å². The highest BCUT2D eigenvalue weighted by atomic mass is 19.4. The van der Waals surface area contributed by atoms with Crippen molar-refractivity contribution < 1.29 is 22.3 Å². The van der Waals surface area contributed by atoms with E-state index >= 15 is 0 Å². The number of allylic oxidation sites excluding steroid dienone is 4. The third kappa shape index (κ3) is 6.62. The zero-order valence-electron chi connectivity index (χ0n) is 16.9. The Kier molecular flexibility index (Phi) is 7.58. The van der Waals surface area contributed by atoms with Gasteiger partial charge in [-0.3, -0.25) is 0 Å². The van der Waals surface area contributed by atoms with Crippen molar-refractivity contribution in [3.8, 4) is 11.8 Å². The van der Waals surface area contributed by atoms with Crippen LogP contribution in [0.4, 0.5) is 17.6 Å². The Balaban J connectivity index is 1.43. The van der Waals surface area contributed by atoms with E-state index in [1.807, 2.05) is 6.08 Å². The molecule has 3 rings (SSSR count). The largest absolute Gasteiger partial charge is 0.573 e. The molecule has 30 heavy (non-hydrogen) atoms. The molecule has 0 radical (unpaired) electrons. The minimum absolute atomic E-state index is 0.170. The van der Waals surface area contributed by atoms with E-state index in [4.69, 9.17) is 5.26 Å². The molecule has 0 N–H and O–H groups in total. The second-order valence-corrected chi connectivity index (χ2v) is 8.41. The van der Waals surface area contributed by atoms with Crippen LogP contribution in [0.3, 0.4) is 0 Å². The summed E-state index contributed by atoms with van der Waals surface area (Å²) in [4.78, 5) is 0. The number of alkyl halides is 3. The lowest BCUT2D eigenvalue weighted by molar-refractivity contribution is -0.274. The van der Waals surface area contributed by atoms with Crippen LogP contribution >= 0.6 is 0 Å². The molecule has 0 spiro atoms. The summed E-state index contributed by atoms with van der Waals surface area (Å²) < 4.78 is 53.7. The summed E-state index contributed by atoms with van der Waals surface area (Å²) in [6.45, 7) is 0. The maximum atomic E-state index is 12.8. The van der Waals surface area contributed by atoms with Crippen LogP contribution in [-0.2, 0) is 0 Å². The fourth-order valence-electron chi connectivity index (χ4n) is 5.01. The smallest absolute Gasteiger partial charge is 0.406 e. The van der Waals surface area contributed by atoms with Gasteiger partial charge in [0.1, 0.15) is 11.8 Å². The fourth-order valence-corrected chi connectivity index (χ4v) is 5.01. The van der Waals surface area contributed by atoms with E-state index in [2.05, 4.69) is 4.74 Å². The summed E-state index contributed by atoms with van der Waals surface area (Å²) in [6, 6.07) is 7.79. The quantitative estimate of drug-likeness (QED) is 0.279. The van der Waals surface area contributed by atoms with Gasteiger partial charge in [-0.25, -0.2) is 0 Å². The van der Waals surface area contributed by atoms with Crippen molar-refractivity contribution in [3.05, 3.63) is 53.9 Å². The highest BCUT2D eigenvalue weighted by Gasteiger charge is 2.32. The van der Waals surface area contributed by atoms with Gasteiger partial charge in [0.2, 0.25) is 0 Å². The molecule has 0 amide bonds. The lowest BCUT2D eigenvalue weighted by Crippen LogP contribution is -2.25. The molecule has 6 heteroatoms. The molecule has 2 fully saturated rings. The van der Waals surface area contributed by atoms with Crippen molar-refractivity contribution in [2.75, 3.05) is 0 Å². The summed E-state index contributed by atoms with van der Waals surface area (Å²) in [6.07, 6.45) is 9.25. The third-order valence-electron chi connectivity index (χ3n) is 6.57. The predicted molar refractivity (Wildman–Crippen MR) is 107 cm³/mol. The van der Waals surface area contributed by atoms with E-state index in [-0.39, 0.29) is 5.75 Å². The van der Waals surface area contributed by atoms with Crippen LogP contribution in [0.2, 0.25) is 0 Å². The first-order valence-corrected chi connectivity index (χ1v) is 10.6. The molecule has 1 aromatic carbocycles. The van der Waals surface area contributed by atoms with Gasteiger partial charge in [0.05, 0.1) is 0 Å². The van der Waals surface area contributed by atoms with Crippen molar-refractivity contribution in [3.63, 3.8) is 0 Å². The molecule has 2 aliphatic rings. The predicted octanol–water partition coefficient (Wildman–Crippen LogP) is 7.60. The van der Waals surface area contributed by atoms with Gasteiger partial charge in [0, 0.05) is 0 Å². The van der Waals surface area contributed by atoms with Gasteiger partial charge in [-0.2, -0.15) is 9.65 Å². The lowest BCUT2D eigenvalue weighted by Gasteiger charge is -2.37. The van der Waals surface area contributed by atoms with Gasteiger partial charge in [-0.1, -0.05) is 24.3 Å². The first-order chi connectivity index (χ1) is 14.3. The zero-order chi connectivity index (χ0) is 21.6. The van der Waals surface area contributed by atoms with E-state index in [0.29, 0.717) is 11.8 Å². The standard InChI is InChI=1S/C24H27F4NO/c25-22(16-29)3-1-2-17-4-6-18(7-5-17)19-8-10-20(11-9-19)21-12-14-23(15-13-21)30-24(26,27)28/h1-3,12-15,17-20H,4-11H2/b2-1+,22-3-/t17?,18?,19-,20-. The molecule has 2 nitrogen and oxygen atoms in total. The molecule has 1 aromatic rings. The van der Waals surface area contributed by atoms with Crippen molar-refractivity contribution in [2.24, 2.45) is 17.8 Å². The summed E-state index contributed by atoms with van der Waals surface area (Å²) in [5.74, 6) is 1.37. The van der Waals surface area contributed by atoms with Gasteiger partial charge < -0.3 is 4.74 Å². The average molecular weight is 421 g/mol. The summed E-state index contributed by atoms with van der Waals surface area (Å²) in [5, 5.41) is 8.42. The molecule has 0 aromatic heterocycles. The SMILES string of the molecule is N#C/C(F)=C/C=C/C1CCC([C@H]2CC[C@H](c3ccc(OC(F)(F)F)cc3)CC2)CC1. The molecule has 0 bridgehead atoms. The Labute approximate surface area is 175 Å². The van der Waals surface area contributed by atoms with Crippen LogP contribution in [0.1, 0.15) is 62.8 Å². The van der Waals surface area contributed by atoms with E-state index in [0.717, 1.165) is 55.9 Å². The Bertz CT molecular complexity index is 775. The first-order valence-electron chi connectivity index (χ1n) is 10.6. The number of hydrogen-bond acceptors (Lipinski definition) is 2.